The maximum Gasteiger partial charge on any atom is 0.438 e. The molecule has 0 bridgehead atoms. The molecule has 2 aromatic heterocycles. The lowest BCUT2D eigenvalue weighted by atomic mass is 10.5. The number of hydrogen-bond donors (Lipinski definition) is 0. The average molecular weight is 316 g/mol. The van der Waals surface area contributed by atoms with Crippen LogP contribution in [0.4, 0.5) is 0 Å². The highest BCUT2D eigenvalue weighted by molar-refractivity contribution is 14.1. The first-order valence-electron chi connectivity index (χ1n) is 4.01. The van der Waals surface area contributed by atoms with Crippen LogP contribution in [0, 0.1) is 9.85 Å². The van der Waals surface area contributed by atoms with Crippen LogP contribution in [-0.4, -0.2) is 9.78 Å². The van der Waals surface area contributed by atoms with Crippen LogP contribution in [-0.2, 0) is 6.54 Å². The summed E-state index contributed by atoms with van der Waals surface area (Å²) >= 11 is 1.89. The zero-order valence-corrected chi connectivity index (χ0v) is 9.59. The molecule has 0 radical (unpaired) electrons. The van der Waals surface area contributed by atoms with Crippen molar-refractivity contribution in [3.8, 4) is 21.5 Å². The Hall–Kier alpha value is -1.49. The number of aromatic nitrogens is 2. The quantitative estimate of drug-likeness (QED) is 0.622. The summed E-state index contributed by atoms with van der Waals surface area (Å²) < 4.78 is 13.7. The molecule has 0 fully saturated rings. The maximum atomic E-state index is 11.3. The molecule has 0 saturated heterocycles. The van der Waals surface area contributed by atoms with Gasteiger partial charge in [0.15, 0.2) is 5.76 Å². The number of nitrogens with zero attached hydrogens (tertiary/aromatic N) is 2. The van der Waals surface area contributed by atoms with Gasteiger partial charge in [0.1, 0.15) is 6.54 Å². The summed E-state index contributed by atoms with van der Waals surface area (Å²) in [6.45, 7) is 0.214. The van der Waals surface area contributed by atoms with Gasteiger partial charge in [-0.25, -0.2) is 4.79 Å². The van der Waals surface area contributed by atoms with Crippen molar-refractivity contribution >= 4 is 22.6 Å². The third-order valence-corrected chi connectivity index (χ3v) is 2.02. The molecule has 0 aromatic carbocycles. The molecule has 0 amide bonds. The van der Waals surface area contributed by atoms with Crippen molar-refractivity contribution in [2.75, 3.05) is 0 Å². The molecule has 15 heavy (non-hydrogen) atoms. The molecule has 0 atom stereocenters. The van der Waals surface area contributed by atoms with Crippen LogP contribution in [0.3, 0.4) is 0 Å². The Morgan fingerprint density at radius 3 is 3.13 bits per heavy atom. The third-order valence-electron chi connectivity index (χ3n) is 1.63. The second-order valence-corrected chi connectivity index (χ2v) is 3.12. The summed E-state index contributed by atoms with van der Waals surface area (Å²) in [6, 6.07) is 3.36. The first-order valence-corrected chi connectivity index (χ1v) is 5.09. The molecule has 0 N–H and O–H groups in total. The highest BCUT2D eigenvalue weighted by atomic mass is 127. The fourth-order valence-electron chi connectivity index (χ4n) is 1.01. The minimum absolute atomic E-state index is 0.167. The topological polar surface area (TPSA) is 61.2 Å². The predicted octanol–water partition coefficient (Wildman–Crippen LogP) is 1.49. The smallest absolute Gasteiger partial charge is 0.438 e. The third kappa shape index (κ3) is 2.12. The van der Waals surface area contributed by atoms with Crippen molar-refractivity contribution in [1.82, 2.24) is 9.78 Å². The lowest BCUT2D eigenvalue weighted by Gasteiger charge is -1.86. The molecule has 5 nitrogen and oxygen atoms in total. The number of furan rings is 1. The van der Waals surface area contributed by atoms with E-state index in [0.29, 0.717) is 5.76 Å². The number of halogens is 1. The summed E-state index contributed by atoms with van der Waals surface area (Å²) in [7, 11) is 0. The molecular formula is C9H5IN2O3. The van der Waals surface area contributed by atoms with Crippen LogP contribution in [0.1, 0.15) is 0 Å². The van der Waals surface area contributed by atoms with Crippen molar-refractivity contribution in [2.24, 2.45) is 0 Å². The van der Waals surface area contributed by atoms with E-state index in [1.165, 1.54) is 6.26 Å². The predicted molar refractivity (Wildman–Crippen MR) is 60.3 cm³/mol. The van der Waals surface area contributed by atoms with E-state index in [9.17, 15) is 4.79 Å². The van der Waals surface area contributed by atoms with Gasteiger partial charge in [-0.1, -0.05) is 5.92 Å². The van der Waals surface area contributed by atoms with E-state index >= 15 is 0 Å². The molecule has 76 valence electrons. The van der Waals surface area contributed by atoms with Crippen LogP contribution >= 0.6 is 22.6 Å². The number of hydrogen-bond acceptors (Lipinski definition) is 4. The molecule has 2 aromatic rings. The number of rotatable bonds is 2. The summed E-state index contributed by atoms with van der Waals surface area (Å²) in [6.07, 6.45) is 1.49. The standard InChI is InChI=1S/C9H5IN2O3/c10-4-2-5-12-9(13)15-8(11-12)7-3-1-6-14-7/h1,3,6H,5H2. The first kappa shape index (κ1) is 10.0. The largest absolute Gasteiger partial charge is 0.459 e. The van der Waals surface area contributed by atoms with Crippen LogP contribution in [0.25, 0.3) is 11.7 Å². The average Bonchev–Trinajstić information content (AvgIpc) is 2.83. The Balaban J connectivity index is 2.36. The Morgan fingerprint density at radius 1 is 1.60 bits per heavy atom. The van der Waals surface area contributed by atoms with Crippen LogP contribution in [0.5, 0.6) is 0 Å². The van der Waals surface area contributed by atoms with Crippen molar-refractivity contribution < 1.29 is 8.83 Å². The summed E-state index contributed by atoms with van der Waals surface area (Å²) in [5.74, 6) is 2.76. The molecule has 6 heteroatoms. The van der Waals surface area contributed by atoms with Gasteiger partial charge < -0.3 is 8.83 Å². The molecule has 0 unspecified atom stereocenters. The molecule has 0 spiro atoms. The highest BCUT2D eigenvalue weighted by Crippen LogP contribution is 2.14. The Bertz CT molecular complexity index is 556. The zero-order chi connectivity index (χ0) is 10.7. The van der Waals surface area contributed by atoms with Crippen molar-refractivity contribution in [3.63, 3.8) is 0 Å². The van der Waals surface area contributed by atoms with E-state index in [2.05, 4.69) is 14.9 Å². The van der Waals surface area contributed by atoms with Gasteiger partial charge in [0, 0.05) is 22.6 Å². The van der Waals surface area contributed by atoms with Gasteiger partial charge in [0.25, 0.3) is 5.89 Å². The fraction of sp³-hybridized carbons (Fsp3) is 0.111. The molecule has 0 saturated carbocycles. The minimum atomic E-state index is -0.541. The van der Waals surface area contributed by atoms with Crippen molar-refractivity contribution in [1.29, 1.82) is 0 Å². The van der Waals surface area contributed by atoms with Gasteiger partial charge >= 0.3 is 5.76 Å². The van der Waals surface area contributed by atoms with Gasteiger partial charge in [-0.05, 0) is 16.1 Å². The van der Waals surface area contributed by atoms with E-state index in [1.54, 1.807) is 12.1 Å². The van der Waals surface area contributed by atoms with Crippen LogP contribution < -0.4 is 5.76 Å². The second kappa shape index (κ2) is 4.35. The van der Waals surface area contributed by atoms with E-state index in [0.717, 1.165) is 4.68 Å². The summed E-state index contributed by atoms with van der Waals surface area (Å²) in [5, 5.41) is 3.93. The van der Waals surface area contributed by atoms with E-state index in [1.807, 2.05) is 22.6 Å². The fourth-order valence-corrected chi connectivity index (χ4v) is 1.18. The Morgan fingerprint density at radius 2 is 2.47 bits per heavy atom. The van der Waals surface area contributed by atoms with E-state index < -0.39 is 5.76 Å². The van der Waals surface area contributed by atoms with Gasteiger partial charge in [-0.2, -0.15) is 4.68 Å². The molecule has 2 heterocycles. The lowest BCUT2D eigenvalue weighted by Crippen LogP contribution is -2.14. The molecule has 0 aliphatic carbocycles. The summed E-state index contributed by atoms with van der Waals surface area (Å²) in [4.78, 5) is 11.3. The maximum absolute atomic E-state index is 11.3. The van der Waals surface area contributed by atoms with Crippen LogP contribution in [0.2, 0.25) is 0 Å². The van der Waals surface area contributed by atoms with Crippen LogP contribution in [0.15, 0.2) is 32.0 Å². The monoisotopic (exact) mass is 316 g/mol. The lowest BCUT2D eigenvalue weighted by molar-refractivity contribution is 0.479. The molecular weight excluding hydrogens is 311 g/mol. The van der Waals surface area contributed by atoms with E-state index in [4.69, 9.17) is 8.83 Å². The minimum Gasteiger partial charge on any atom is -0.459 e. The van der Waals surface area contributed by atoms with Gasteiger partial charge in [-0.3, -0.25) is 0 Å². The Labute approximate surface area is 98.2 Å². The van der Waals surface area contributed by atoms with E-state index in [-0.39, 0.29) is 12.4 Å². The Kier molecular flexibility index (Phi) is 2.91. The first-order chi connectivity index (χ1) is 7.31. The van der Waals surface area contributed by atoms with Gasteiger partial charge in [0.2, 0.25) is 0 Å². The molecule has 0 aliphatic rings. The molecule has 2 rings (SSSR count). The zero-order valence-electron chi connectivity index (χ0n) is 7.44. The van der Waals surface area contributed by atoms with Gasteiger partial charge in [0.05, 0.1) is 6.26 Å². The summed E-state index contributed by atoms with van der Waals surface area (Å²) in [5.41, 5.74) is 0. The van der Waals surface area contributed by atoms with Crippen molar-refractivity contribution in [2.45, 2.75) is 6.54 Å². The van der Waals surface area contributed by atoms with Gasteiger partial charge in [-0.15, -0.1) is 5.10 Å². The highest BCUT2D eigenvalue weighted by Gasteiger charge is 2.11. The SMILES string of the molecule is O=c1oc(-c2ccco2)nn1CC#CI. The normalized spacial score (nSPS) is 9.67. The molecule has 0 aliphatic heterocycles. The van der Waals surface area contributed by atoms with Crippen molar-refractivity contribution in [3.05, 3.63) is 28.9 Å². The second-order valence-electron chi connectivity index (χ2n) is 2.58.